The van der Waals surface area contributed by atoms with E-state index in [9.17, 15) is 0 Å². The molecule has 0 N–H and O–H groups in total. The topological polar surface area (TPSA) is 12.5 Å². The number of epoxide rings is 1. The van der Waals surface area contributed by atoms with Gasteiger partial charge in [-0.15, -0.1) is 0 Å². The van der Waals surface area contributed by atoms with E-state index in [1.165, 1.54) is 11.1 Å². The van der Waals surface area contributed by atoms with Crippen molar-refractivity contribution in [2.45, 2.75) is 95.3 Å². The van der Waals surface area contributed by atoms with Crippen LogP contribution in [0, 0.1) is 21.7 Å². The first-order valence-corrected chi connectivity index (χ1v) is 9.72. The van der Waals surface area contributed by atoms with E-state index in [1.807, 2.05) is 0 Å². The maximum absolute atomic E-state index is 5.90. The molecule has 2 unspecified atom stereocenters. The number of ether oxygens (including phenoxy) is 1. The van der Waals surface area contributed by atoms with Crippen LogP contribution in [-0.2, 0) is 4.74 Å². The van der Waals surface area contributed by atoms with E-state index in [4.69, 9.17) is 4.74 Å². The average Bonchev–Trinajstić information content (AvgIpc) is 3.04. The second-order valence-electron chi connectivity index (χ2n) is 11.6. The first kappa shape index (κ1) is 22.2. The van der Waals surface area contributed by atoms with E-state index in [2.05, 4.69) is 107 Å². The first-order chi connectivity index (χ1) is 10.9. The third-order valence-electron chi connectivity index (χ3n) is 4.69. The number of allylic oxidation sites excluding steroid dienone is 4. The Morgan fingerprint density at radius 3 is 1.36 bits per heavy atom. The predicted molar refractivity (Wildman–Crippen MR) is 112 cm³/mol. The molecule has 2 atom stereocenters. The Morgan fingerprint density at radius 2 is 1.00 bits per heavy atom. The molecular formula is C24H42O. The number of hydrogen-bond acceptors (Lipinski definition) is 1. The van der Waals surface area contributed by atoms with Gasteiger partial charge in [0.2, 0.25) is 0 Å². The molecule has 0 radical (unpaired) electrons. The fraction of sp³-hybridized carbons (Fsp3) is 0.750. The van der Waals surface area contributed by atoms with Crippen molar-refractivity contribution in [2.24, 2.45) is 21.7 Å². The molecule has 1 heterocycles. The molecule has 1 aliphatic heterocycles. The van der Waals surface area contributed by atoms with Crippen LogP contribution in [0.5, 0.6) is 0 Å². The summed E-state index contributed by atoms with van der Waals surface area (Å²) in [5.41, 5.74) is 3.64. The molecule has 25 heavy (non-hydrogen) atoms. The molecule has 1 heteroatoms. The van der Waals surface area contributed by atoms with Crippen LogP contribution < -0.4 is 0 Å². The van der Waals surface area contributed by atoms with Crippen LogP contribution in [0.1, 0.15) is 83.1 Å². The largest absolute Gasteiger partial charge is 0.361 e. The van der Waals surface area contributed by atoms with Crippen molar-refractivity contribution in [1.29, 1.82) is 0 Å². The average molecular weight is 347 g/mol. The molecule has 0 saturated carbocycles. The van der Waals surface area contributed by atoms with E-state index in [1.54, 1.807) is 0 Å². The minimum Gasteiger partial charge on any atom is -0.361 e. The van der Waals surface area contributed by atoms with Gasteiger partial charge in [0, 0.05) is 0 Å². The monoisotopic (exact) mass is 346 g/mol. The molecule has 1 nitrogen and oxygen atoms in total. The van der Waals surface area contributed by atoms with Crippen molar-refractivity contribution in [2.75, 3.05) is 0 Å². The van der Waals surface area contributed by atoms with Crippen LogP contribution in [-0.4, -0.2) is 12.2 Å². The SMILES string of the molecule is CC(C)(C)C(=C/C=C/C1OC1C=C(C(C)(C)C)C(C)(C)C)C(C)(C)C. The highest BCUT2D eigenvalue weighted by atomic mass is 16.6. The van der Waals surface area contributed by atoms with Crippen LogP contribution in [0.15, 0.2) is 35.5 Å². The zero-order chi connectivity index (χ0) is 19.8. The summed E-state index contributed by atoms with van der Waals surface area (Å²) in [5.74, 6) is 0. The highest BCUT2D eigenvalue weighted by molar-refractivity contribution is 5.28. The molecule has 0 aliphatic carbocycles. The summed E-state index contributed by atoms with van der Waals surface area (Å²) in [6.07, 6.45) is 9.49. The van der Waals surface area contributed by atoms with Crippen molar-refractivity contribution in [1.82, 2.24) is 0 Å². The quantitative estimate of drug-likeness (QED) is 0.296. The molecule has 1 fully saturated rings. The first-order valence-electron chi connectivity index (χ1n) is 9.72. The van der Waals surface area contributed by atoms with Crippen LogP contribution in [0.25, 0.3) is 0 Å². The normalized spacial score (nSPS) is 22.1. The smallest absolute Gasteiger partial charge is 0.107 e. The van der Waals surface area contributed by atoms with E-state index < -0.39 is 0 Å². The van der Waals surface area contributed by atoms with Crippen molar-refractivity contribution in [3.63, 3.8) is 0 Å². The van der Waals surface area contributed by atoms with Crippen molar-refractivity contribution >= 4 is 0 Å². The van der Waals surface area contributed by atoms with Gasteiger partial charge in [-0.05, 0) is 21.7 Å². The summed E-state index contributed by atoms with van der Waals surface area (Å²) in [6.45, 7) is 27.5. The van der Waals surface area contributed by atoms with Crippen LogP contribution in [0.4, 0.5) is 0 Å². The number of rotatable bonds is 3. The maximum Gasteiger partial charge on any atom is 0.107 e. The Balaban J connectivity index is 2.91. The zero-order valence-corrected chi connectivity index (χ0v) is 18.9. The molecule has 1 saturated heterocycles. The molecule has 0 spiro atoms. The Morgan fingerprint density at radius 1 is 0.600 bits per heavy atom. The summed E-state index contributed by atoms with van der Waals surface area (Å²) >= 11 is 0. The molecule has 0 bridgehead atoms. The minimum atomic E-state index is 0.171. The molecular weight excluding hydrogens is 304 g/mol. The van der Waals surface area contributed by atoms with Crippen molar-refractivity contribution in [3.8, 4) is 0 Å². The van der Waals surface area contributed by atoms with Crippen LogP contribution >= 0.6 is 0 Å². The fourth-order valence-corrected chi connectivity index (χ4v) is 4.10. The standard InChI is InChI=1S/C24H42O/c1-21(2,3)19(22(4,5)6)15-13-14-17-18(25-17)16-20(23(7,8)9)24(10,11)12/h13-18H,1-12H3/b14-13+. The van der Waals surface area contributed by atoms with Gasteiger partial charge in [-0.3, -0.25) is 0 Å². The van der Waals surface area contributed by atoms with Gasteiger partial charge in [0.1, 0.15) is 12.2 Å². The van der Waals surface area contributed by atoms with E-state index in [0.717, 1.165) is 0 Å². The second kappa shape index (κ2) is 7.06. The molecule has 0 amide bonds. The maximum atomic E-state index is 5.90. The van der Waals surface area contributed by atoms with Crippen molar-refractivity contribution < 1.29 is 4.74 Å². The van der Waals surface area contributed by atoms with Gasteiger partial charge in [0.15, 0.2) is 0 Å². The summed E-state index contributed by atoms with van der Waals surface area (Å²) in [6, 6.07) is 0. The highest BCUT2D eigenvalue weighted by Gasteiger charge is 2.38. The van der Waals surface area contributed by atoms with Gasteiger partial charge in [0.05, 0.1) is 0 Å². The molecule has 144 valence electrons. The van der Waals surface area contributed by atoms with Gasteiger partial charge in [0.25, 0.3) is 0 Å². The summed E-state index contributed by atoms with van der Waals surface area (Å²) in [4.78, 5) is 0. The van der Waals surface area contributed by atoms with Gasteiger partial charge in [-0.25, -0.2) is 0 Å². The minimum absolute atomic E-state index is 0.171. The Bertz CT molecular complexity index is 513. The fourth-order valence-electron chi connectivity index (χ4n) is 4.10. The van der Waals surface area contributed by atoms with E-state index in [-0.39, 0.29) is 33.9 Å². The van der Waals surface area contributed by atoms with Gasteiger partial charge in [-0.2, -0.15) is 0 Å². The lowest BCUT2D eigenvalue weighted by Crippen LogP contribution is -2.23. The third kappa shape index (κ3) is 6.77. The van der Waals surface area contributed by atoms with E-state index >= 15 is 0 Å². The van der Waals surface area contributed by atoms with Crippen molar-refractivity contribution in [3.05, 3.63) is 35.5 Å². The lowest BCUT2D eigenvalue weighted by atomic mass is 9.71. The van der Waals surface area contributed by atoms with Gasteiger partial charge >= 0.3 is 0 Å². The Kier molecular flexibility index (Phi) is 6.28. The predicted octanol–water partition coefficient (Wildman–Crippen LogP) is 7.35. The highest BCUT2D eigenvalue weighted by Crippen LogP contribution is 2.42. The molecule has 0 aromatic rings. The molecule has 1 aliphatic rings. The van der Waals surface area contributed by atoms with Gasteiger partial charge < -0.3 is 4.74 Å². The van der Waals surface area contributed by atoms with E-state index in [0.29, 0.717) is 0 Å². The molecule has 0 aromatic heterocycles. The zero-order valence-electron chi connectivity index (χ0n) is 18.9. The Hall–Kier alpha value is -0.820. The lowest BCUT2D eigenvalue weighted by Gasteiger charge is -2.34. The lowest BCUT2D eigenvalue weighted by molar-refractivity contribution is 0.352. The Labute approximate surface area is 157 Å². The summed E-state index contributed by atoms with van der Waals surface area (Å²) in [5, 5.41) is 0. The summed E-state index contributed by atoms with van der Waals surface area (Å²) < 4.78 is 5.90. The molecule has 1 rings (SSSR count). The second-order valence-corrected chi connectivity index (χ2v) is 11.6. The summed E-state index contributed by atoms with van der Waals surface area (Å²) in [7, 11) is 0. The molecule has 0 aromatic carbocycles. The van der Waals surface area contributed by atoms with Crippen LogP contribution in [0.3, 0.4) is 0 Å². The third-order valence-corrected chi connectivity index (χ3v) is 4.69. The number of hydrogen-bond donors (Lipinski definition) is 0. The van der Waals surface area contributed by atoms with Crippen LogP contribution in [0.2, 0.25) is 0 Å². The van der Waals surface area contributed by atoms with Gasteiger partial charge in [-0.1, -0.05) is 119 Å².